The molecule has 1 aromatic rings. The lowest BCUT2D eigenvalue weighted by Crippen LogP contribution is -2.38. The molecule has 0 aliphatic heterocycles. The van der Waals surface area contributed by atoms with E-state index in [1.54, 1.807) is 18.1 Å². The molecule has 0 bridgehead atoms. The van der Waals surface area contributed by atoms with Gasteiger partial charge in [-0.2, -0.15) is 5.10 Å². The van der Waals surface area contributed by atoms with Gasteiger partial charge in [0.25, 0.3) is 5.56 Å². The second-order valence-electron chi connectivity index (χ2n) is 5.66. The standard InChI is InChI=1S/C14H22N4O2/c1-10(2)17(3)14(20)9-18-13(19)6-12(8-16-18)15-7-11-4-5-11/h6,8,10-11,15H,4-5,7,9H2,1-3H3. The Bertz CT molecular complexity index is 534. The van der Waals surface area contributed by atoms with E-state index >= 15 is 0 Å². The van der Waals surface area contributed by atoms with Crippen LogP contribution in [0.25, 0.3) is 0 Å². The Hall–Kier alpha value is -1.85. The third-order valence-electron chi connectivity index (χ3n) is 3.61. The van der Waals surface area contributed by atoms with Gasteiger partial charge in [0.05, 0.1) is 11.9 Å². The van der Waals surface area contributed by atoms with E-state index in [2.05, 4.69) is 10.4 Å². The predicted octanol–water partition coefficient (Wildman–Crippen LogP) is 0.932. The molecule has 0 aromatic carbocycles. The molecule has 0 atom stereocenters. The van der Waals surface area contributed by atoms with E-state index in [4.69, 9.17) is 0 Å². The lowest BCUT2D eigenvalue weighted by molar-refractivity contribution is -0.132. The molecule has 2 rings (SSSR count). The highest BCUT2D eigenvalue weighted by Crippen LogP contribution is 2.28. The minimum atomic E-state index is -0.253. The first kappa shape index (κ1) is 14.6. The Kier molecular flexibility index (Phi) is 4.42. The molecule has 1 saturated carbocycles. The first-order valence-corrected chi connectivity index (χ1v) is 7.04. The van der Waals surface area contributed by atoms with Crippen molar-refractivity contribution in [2.24, 2.45) is 5.92 Å². The van der Waals surface area contributed by atoms with Crippen molar-refractivity contribution in [2.75, 3.05) is 18.9 Å². The highest BCUT2D eigenvalue weighted by molar-refractivity contribution is 5.75. The molecule has 0 spiro atoms. The van der Waals surface area contributed by atoms with Gasteiger partial charge in [-0.3, -0.25) is 9.59 Å². The van der Waals surface area contributed by atoms with Gasteiger partial charge >= 0.3 is 0 Å². The summed E-state index contributed by atoms with van der Waals surface area (Å²) in [5, 5.41) is 7.25. The number of nitrogens with one attached hydrogen (secondary N) is 1. The molecular formula is C14H22N4O2. The van der Waals surface area contributed by atoms with Crippen molar-refractivity contribution in [2.45, 2.75) is 39.3 Å². The topological polar surface area (TPSA) is 67.2 Å². The molecule has 1 aromatic heterocycles. The van der Waals surface area contributed by atoms with Crippen LogP contribution >= 0.6 is 0 Å². The predicted molar refractivity (Wildman–Crippen MR) is 77.6 cm³/mol. The SMILES string of the molecule is CC(C)N(C)C(=O)Cn1ncc(NCC2CC2)cc1=O. The summed E-state index contributed by atoms with van der Waals surface area (Å²) < 4.78 is 1.20. The van der Waals surface area contributed by atoms with Crippen LogP contribution in [0.15, 0.2) is 17.1 Å². The first-order chi connectivity index (χ1) is 9.47. The fourth-order valence-electron chi connectivity index (χ4n) is 1.76. The minimum absolute atomic E-state index is 0.0174. The van der Waals surface area contributed by atoms with E-state index in [0.717, 1.165) is 18.2 Å². The van der Waals surface area contributed by atoms with Gasteiger partial charge in [0, 0.05) is 25.7 Å². The maximum Gasteiger partial charge on any atom is 0.269 e. The average molecular weight is 278 g/mol. The van der Waals surface area contributed by atoms with Crippen LogP contribution in [-0.4, -0.2) is 40.2 Å². The Labute approximate surface area is 118 Å². The van der Waals surface area contributed by atoms with Crippen LogP contribution in [0.4, 0.5) is 5.69 Å². The number of amides is 1. The van der Waals surface area contributed by atoms with Crippen LogP contribution in [0, 0.1) is 5.92 Å². The Morgan fingerprint density at radius 2 is 2.25 bits per heavy atom. The maximum absolute atomic E-state index is 11.9. The molecule has 1 heterocycles. The molecule has 6 nitrogen and oxygen atoms in total. The molecule has 0 radical (unpaired) electrons. The highest BCUT2D eigenvalue weighted by atomic mass is 16.2. The van der Waals surface area contributed by atoms with Gasteiger partial charge < -0.3 is 10.2 Å². The molecular weight excluding hydrogens is 256 g/mol. The van der Waals surface area contributed by atoms with Crippen molar-refractivity contribution in [1.82, 2.24) is 14.7 Å². The number of anilines is 1. The second-order valence-corrected chi connectivity index (χ2v) is 5.66. The van der Waals surface area contributed by atoms with E-state index < -0.39 is 0 Å². The summed E-state index contributed by atoms with van der Waals surface area (Å²) >= 11 is 0. The second kappa shape index (κ2) is 6.07. The number of likely N-dealkylation sites (N-methyl/N-ethyl adjacent to an activating group) is 1. The number of aromatic nitrogens is 2. The number of carbonyl (C=O) groups excluding carboxylic acids is 1. The summed E-state index contributed by atoms with van der Waals surface area (Å²) in [6.45, 7) is 4.73. The van der Waals surface area contributed by atoms with Crippen molar-refractivity contribution in [3.8, 4) is 0 Å². The van der Waals surface area contributed by atoms with Gasteiger partial charge in [0.15, 0.2) is 0 Å². The molecule has 110 valence electrons. The van der Waals surface area contributed by atoms with Crippen LogP contribution in [-0.2, 0) is 11.3 Å². The Morgan fingerprint density at radius 1 is 1.55 bits per heavy atom. The quantitative estimate of drug-likeness (QED) is 0.840. The number of carbonyl (C=O) groups is 1. The van der Waals surface area contributed by atoms with E-state index in [0.29, 0.717) is 0 Å². The number of hydrogen-bond acceptors (Lipinski definition) is 4. The first-order valence-electron chi connectivity index (χ1n) is 7.04. The molecule has 0 unspecified atom stereocenters. The van der Waals surface area contributed by atoms with Crippen molar-refractivity contribution in [3.63, 3.8) is 0 Å². The highest BCUT2D eigenvalue weighted by Gasteiger charge is 2.20. The van der Waals surface area contributed by atoms with Crippen molar-refractivity contribution < 1.29 is 4.79 Å². The van der Waals surface area contributed by atoms with Crippen molar-refractivity contribution in [1.29, 1.82) is 0 Å². The smallest absolute Gasteiger partial charge is 0.269 e. The zero-order valence-electron chi connectivity index (χ0n) is 12.3. The number of rotatable bonds is 6. The third kappa shape index (κ3) is 3.82. The van der Waals surface area contributed by atoms with Crippen LogP contribution in [0.3, 0.4) is 0 Å². The van der Waals surface area contributed by atoms with Gasteiger partial charge in [-0.25, -0.2) is 4.68 Å². The van der Waals surface area contributed by atoms with Crippen molar-refractivity contribution >= 4 is 11.6 Å². The molecule has 6 heteroatoms. The molecule has 1 aliphatic rings. The number of nitrogens with zero attached hydrogens (tertiary/aromatic N) is 3. The molecule has 1 N–H and O–H groups in total. The van der Waals surface area contributed by atoms with Crippen LogP contribution in [0.2, 0.25) is 0 Å². The van der Waals surface area contributed by atoms with Crippen molar-refractivity contribution in [3.05, 3.63) is 22.6 Å². The summed E-state index contributed by atoms with van der Waals surface area (Å²) in [6.07, 6.45) is 4.12. The Morgan fingerprint density at radius 3 is 2.80 bits per heavy atom. The van der Waals surface area contributed by atoms with Crippen LogP contribution in [0.5, 0.6) is 0 Å². The zero-order valence-corrected chi connectivity index (χ0v) is 12.3. The maximum atomic E-state index is 11.9. The molecule has 1 fully saturated rings. The summed E-state index contributed by atoms with van der Waals surface area (Å²) in [5.74, 6) is 0.618. The molecule has 1 aliphatic carbocycles. The fraction of sp³-hybridized carbons (Fsp3) is 0.643. The van der Waals surface area contributed by atoms with E-state index in [1.165, 1.54) is 23.6 Å². The minimum Gasteiger partial charge on any atom is -0.383 e. The Balaban J connectivity index is 1.98. The van der Waals surface area contributed by atoms with E-state index in [1.807, 2.05) is 13.8 Å². The van der Waals surface area contributed by atoms with Gasteiger partial charge in [-0.1, -0.05) is 0 Å². The monoisotopic (exact) mass is 278 g/mol. The normalized spacial score (nSPS) is 14.4. The van der Waals surface area contributed by atoms with Gasteiger partial charge in [-0.15, -0.1) is 0 Å². The largest absolute Gasteiger partial charge is 0.383 e. The van der Waals surface area contributed by atoms with Gasteiger partial charge in [0.1, 0.15) is 6.54 Å². The summed E-state index contributed by atoms with van der Waals surface area (Å²) in [4.78, 5) is 25.4. The molecule has 0 saturated heterocycles. The summed E-state index contributed by atoms with van der Waals surface area (Å²) in [7, 11) is 1.73. The number of hydrogen-bond donors (Lipinski definition) is 1. The lowest BCUT2D eigenvalue weighted by Gasteiger charge is -2.21. The van der Waals surface area contributed by atoms with E-state index in [-0.39, 0.29) is 24.1 Å². The van der Waals surface area contributed by atoms with Crippen LogP contribution in [0.1, 0.15) is 26.7 Å². The third-order valence-corrected chi connectivity index (χ3v) is 3.61. The average Bonchev–Trinajstić information content (AvgIpc) is 3.22. The fourth-order valence-corrected chi connectivity index (χ4v) is 1.76. The molecule has 20 heavy (non-hydrogen) atoms. The zero-order chi connectivity index (χ0) is 14.7. The van der Waals surface area contributed by atoms with Gasteiger partial charge in [-0.05, 0) is 32.6 Å². The van der Waals surface area contributed by atoms with Crippen LogP contribution < -0.4 is 10.9 Å². The summed E-state index contributed by atoms with van der Waals surface area (Å²) in [6, 6.07) is 1.61. The lowest BCUT2D eigenvalue weighted by atomic mass is 10.3. The van der Waals surface area contributed by atoms with Gasteiger partial charge in [0.2, 0.25) is 5.91 Å². The summed E-state index contributed by atoms with van der Waals surface area (Å²) in [5.41, 5.74) is 0.471. The van der Waals surface area contributed by atoms with E-state index in [9.17, 15) is 9.59 Å². The molecule has 1 amide bonds.